The number of morpholine rings is 1. The van der Waals surface area contributed by atoms with E-state index in [0.29, 0.717) is 31.2 Å². The highest BCUT2D eigenvalue weighted by atomic mass is 32.2. The van der Waals surface area contributed by atoms with Crippen LogP contribution in [0.4, 0.5) is 11.6 Å². The molecule has 9 heteroatoms. The van der Waals surface area contributed by atoms with Crippen LogP contribution in [0.2, 0.25) is 0 Å². The molecule has 2 aromatic rings. The lowest BCUT2D eigenvalue weighted by Crippen LogP contribution is -2.57. The molecule has 8 nitrogen and oxygen atoms in total. The Bertz CT molecular complexity index is 974. The van der Waals surface area contributed by atoms with Gasteiger partial charge in [0.05, 0.1) is 29.7 Å². The zero-order chi connectivity index (χ0) is 19.3. The van der Waals surface area contributed by atoms with Gasteiger partial charge in [0, 0.05) is 50.2 Å². The summed E-state index contributed by atoms with van der Waals surface area (Å²) in [6.45, 7) is 2.89. The molecule has 0 spiro atoms. The lowest BCUT2D eigenvalue weighted by molar-refractivity contribution is -0.133. The summed E-state index contributed by atoms with van der Waals surface area (Å²) in [6, 6.07) is 6.39. The fraction of sp³-hybridized carbons (Fsp3) is 0.579. The van der Waals surface area contributed by atoms with Crippen LogP contribution in [0, 0.1) is 0 Å². The Labute approximate surface area is 164 Å². The Morgan fingerprint density at radius 2 is 1.89 bits per heavy atom. The molecule has 6 rings (SSSR count). The van der Waals surface area contributed by atoms with E-state index in [4.69, 9.17) is 9.72 Å². The van der Waals surface area contributed by atoms with Crippen LogP contribution in [0.1, 0.15) is 19.3 Å². The van der Waals surface area contributed by atoms with Gasteiger partial charge in [-0.15, -0.1) is 0 Å². The third kappa shape index (κ3) is 3.42. The maximum Gasteiger partial charge on any atom is 0.223 e. The van der Waals surface area contributed by atoms with Crippen LogP contribution in [0.15, 0.2) is 24.4 Å². The molecule has 1 aromatic heterocycles. The molecular formula is C19H25N5O3S. The molecule has 4 fully saturated rings. The van der Waals surface area contributed by atoms with Crippen molar-refractivity contribution in [3.8, 4) is 0 Å². The summed E-state index contributed by atoms with van der Waals surface area (Å²) in [5.41, 5.74) is 2.09. The van der Waals surface area contributed by atoms with Gasteiger partial charge in [-0.25, -0.2) is 22.7 Å². The number of benzene rings is 1. The van der Waals surface area contributed by atoms with Gasteiger partial charge in [-0.2, -0.15) is 0 Å². The Kier molecular flexibility index (Phi) is 4.41. The van der Waals surface area contributed by atoms with E-state index in [1.54, 1.807) is 0 Å². The molecule has 150 valence electrons. The van der Waals surface area contributed by atoms with Gasteiger partial charge >= 0.3 is 0 Å². The van der Waals surface area contributed by atoms with Gasteiger partial charge in [-0.3, -0.25) is 0 Å². The summed E-state index contributed by atoms with van der Waals surface area (Å²) in [7, 11) is -3.11. The van der Waals surface area contributed by atoms with E-state index in [-0.39, 0.29) is 6.04 Å². The summed E-state index contributed by atoms with van der Waals surface area (Å²) in [5.74, 6) is 0.608. The summed E-state index contributed by atoms with van der Waals surface area (Å²) >= 11 is 0. The van der Waals surface area contributed by atoms with Crippen molar-refractivity contribution in [3.63, 3.8) is 0 Å². The number of ether oxygens (including phenoxy) is 1. The van der Waals surface area contributed by atoms with E-state index in [0.717, 1.165) is 48.9 Å². The molecule has 1 aromatic carbocycles. The molecule has 0 saturated carbocycles. The molecule has 0 radical (unpaired) electrons. The van der Waals surface area contributed by atoms with E-state index in [9.17, 15) is 8.42 Å². The largest absolute Gasteiger partial charge is 0.371 e. The first-order valence-corrected chi connectivity index (χ1v) is 11.7. The Morgan fingerprint density at radius 1 is 1.18 bits per heavy atom. The molecule has 0 aliphatic carbocycles. The van der Waals surface area contributed by atoms with Crippen molar-refractivity contribution < 1.29 is 13.2 Å². The molecule has 28 heavy (non-hydrogen) atoms. The van der Waals surface area contributed by atoms with Gasteiger partial charge < -0.3 is 15.0 Å². The zero-order valence-corrected chi connectivity index (χ0v) is 16.7. The summed E-state index contributed by atoms with van der Waals surface area (Å²) in [5, 5.41) is 4.43. The van der Waals surface area contributed by atoms with Crippen molar-refractivity contribution in [2.75, 3.05) is 42.7 Å². The van der Waals surface area contributed by atoms with Crippen LogP contribution in [0.5, 0.6) is 0 Å². The van der Waals surface area contributed by atoms with Gasteiger partial charge in [0.25, 0.3) is 0 Å². The fourth-order valence-corrected chi connectivity index (χ4v) is 5.31. The van der Waals surface area contributed by atoms with Crippen molar-refractivity contribution in [1.82, 2.24) is 14.3 Å². The van der Waals surface area contributed by atoms with E-state index in [2.05, 4.69) is 27.3 Å². The molecule has 2 bridgehead atoms. The molecule has 2 atom stereocenters. The molecule has 4 aliphatic rings. The van der Waals surface area contributed by atoms with Crippen LogP contribution in [-0.4, -0.2) is 73.4 Å². The first-order chi connectivity index (χ1) is 13.5. The number of nitrogens with zero attached hydrogens (tertiary/aromatic N) is 4. The van der Waals surface area contributed by atoms with Gasteiger partial charge in [-0.05, 0) is 18.9 Å². The van der Waals surface area contributed by atoms with Gasteiger partial charge in [-0.1, -0.05) is 12.1 Å². The average molecular weight is 404 g/mol. The maximum atomic E-state index is 11.7. The van der Waals surface area contributed by atoms with Crippen LogP contribution >= 0.6 is 0 Å². The van der Waals surface area contributed by atoms with Crippen LogP contribution in [0.25, 0.3) is 10.9 Å². The monoisotopic (exact) mass is 403 g/mol. The Balaban J connectivity index is 1.34. The van der Waals surface area contributed by atoms with Crippen molar-refractivity contribution in [1.29, 1.82) is 0 Å². The Morgan fingerprint density at radius 3 is 2.57 bits per heavy atom. The number of fused-ring (bicyclic) bond motifs is 3. The molecule has 4 aliphatic heterocycles. The van der Waals surface area contributed by atoms with E-state index in [1.165, 1.54) is 10.6 Å². The SMILES string of the molecule is CS(=O)(=O)N1CCC(Nc2ncc3cccc(N4CC5CC(C4)O5)c3n2)CC1. The van der Waals surface area contributed by atoms with Gasteiger partial charge in [0.2, 0.25) is 16.0 Å². The second-order valence-electron chi connectivity index (χ2n) is 8.01. The summed E-state index contributed by atoms with van der Waals surface area (Å²) in [6.07, 6.45) is 6.48. The second kappa shape index (κ2) is 6.82. The van der Waals surface area contributed by atoms with E-state index < -0.39 is 10.0 Å². The predicted molar refractivity (Wildman–Crippen MR) is 108 cm³/mol. The van der Waals surface area contributed by atoms with Crippen molar-refractivity contribution >= 4 is 32.6 Å². The number of sulfonamides is 1. The van der Waals surface area contributed by atoms with Crippen LogP contribution in [0.3, 0.4) is 0 Å². The third-order valence-electron chi connectivity index (χ3n) is 5.95. The Hall–Kier alpha value is -1.97. The van der Waals surface area contributed by atoms with E-state index in [1.807, 2.05) is 12.3 Å². The highest BCUT2D eigenvalue weighted by Gasteiger charge is 2.38. The molecular weight excluding hydrogens is 378 g/mol. The van der Waals surface area contributed by atoms with Crippen LogP contribution < -0.4 is 10.2 Å². The predicted octanol–water partition coefficient (Wildman–Crippen LogP) is 1.44. The maximum absolute atomic E-state index is 11.7. The number of hydrogen-bond acceptors (Lipinski definition) is 7. The van der Waals surface area contributed by atoms with E-state index >= 15 is 0 Å². The normalized spacial score (nSPS) is 26.2. The number of aromatic nitrogens is 2. The fourth-order valence-electron chi connectivity index (χ4n) is 4.43. The number of anilines is 2. The molecule has 4 saturated heterocycles. The summed E-state index contributed by atoms with van der Waals surface area (Å²) < 4.78 is 30.7. The highest BCUT2D eigenvalue weighted by molar-refractivity contribution is 7.88. The van der Waals surface area contributed by atoms with Crippen LogP contribution in [-0.2, 0) is 14.8 Å². The minimum absolute atomic E-state index is 0.179. The lowest BCUT2D eigenvalue weighted by atomic mass is 9.98. The minimum atomic E-state index is -3.11. The number of nitrogens with one attached hydrogen (secondary N) is 1. The summed E-state index contributed by atoms with van der Waals surface area (Å²) in [4.78, 5) is 11.7. The first-order valence-electron chi connectivity index (χ1n) is 9.83. The average Bonchev–Trinajstić information content (AvgIpc) is 2.67. The van der Waals surface area contributed by atoms with Crippen molar-refractivity contribution in [2.24, 2.45) is 0 Å². The highest BCUT2D eigenvalue weighted by Crippen LogP contribution is 2.34. The zero-order valence-electron chi connectivity index (χ0n) is 15.9. The molecule has 1 N–H and O–H groups in total. The second-order valence-corrected chi connectivity index (χ2v) is 9.99. The number of piperidine rings is 2. The number of para-hydroxylation sites is 1. The first kappa shape index (κ1) is 18.1. The number of rotatable bonds is 4. The quantitative estimate of drug-likeness (QED) is 0.826. The standard InChI is InChI=1S/C19H25N5O3S/c1-28(25,26)24-7-5-14(6-8-24)21-19-20-10-13-3-2-4-17(18(13)22-19)23-11-15-9-16(12-23)27-15/h2-4,10,14-16H,5-9,11-12H2,1H3,(H,20,21,22). The molecule has 2 unspecified atom stereocenters. The van der Waals surface area contributed by atoms with Gasteiger partial charge in [0.1, 0.15) is 0 Å². The molecule has 5 heterocycles. The van der Waals surface area contributed by atoms with Crippen molar-refractivity contribution in [2.45, 2.75) is 37.5 Å². The lowest BCUT2D eigenvalue weighted by Gasteiger charge is -2.48. The smallest absolute Gasteiger partial charge is 0.223 e. The molecule has 0 amide bonds. The number of hydrogen-bond donors (Lipinski definition) is 1. The van der Waals surface area contributed by atoms with Gasteiger partial charge in [0.15, 0.2) is 0 Å². The minimum Gasteiger partial charge on any atom is -0.371 e. The van der Waals surface area contributed by atoms with Crippen molar-refractivity contribution in [3.05, 3.63) is 24.4 Å². The third-order valence-corrected chi connectivity index (χ3v) is 7.25. The topological polar surface area (TPSA) is 87.7 Å².